The van der Waals surface area contributed by atoms with Gasteiger partial charge < -0.3 is 14.1 Å². The second-order valence-electron chi connectivity index (χ2n) is 16.0. The van der Waals surface area contributed by atoms with Crippen LogP contribution in [0.5, 0.6) is 5.75 Å². The van der Waals surface area contributed by atoms with Crippen molar-refractivity contribution in [2.24, 2.45) is 5.10 Å². The van der Waals surface area contributed by atoms with E-state index in [1.807, 2.05) is 31.2 Å². The molecule has 0 saturated carbocycles. The van der Waals surface area contributed by atoms with Crippen LogP contribution in [0, 0.1) is 0 Å². The van der Waals surface area contributed by atoms with Gasteiger partial charge in [-0.3, -0.25) is 4.79 Å². The minimum absolute atomic E-state index is 0.146. The molecule has 3 N–H and O–H groups in total. The molecule has 1 rings (SSSR count). The van der Waals surface area contributed by atoms with E-state index in [1.165, 1.54) is 130 Å². The van der Waals surface area contributed by atoms with E-state index in [-0.39, 0.29) is 5.91 Å². The first-order valence-electron chi connectivity index (χ1n) is 23.8. The molecule has 0 bridgehead atoms. The predicted octanol–water partition coefficient (Wildman–Crippen LogP) is 14.6. The standard InChI is InChI=1S/C50H86N4O5S2/c1-6-8-10-12-14-16-18-20-22-24-26-28-30-32-34-36-43-50(56,44-37-35-33-31-29-27-25-23-21-19-17-15-13-11-9-7-2)59-54(4)53-58-48-40-38-47(39-41-48)46(3)51-52-49(55)42-45-60-61-57-5/h14-17,20-23,38-41,53,56H,6-13,18-19,24-37,42-45H2,1-5H3,(H,52,55)/b16-14-,17-15-,22-20-,23-21-,51-46+. The molecule has 11 heteroatoms. The Balaban J connectivity index is 2.51. The number of nitrogens with one attached hydrogen (secondary N) is 2. The lowest BCUT2D eigenvalue weighted by atomic mass is 9.99. The summed E-state index contributed by atoms with van der Waals surface area (Å²) in [4.78, 5) is 24.0. The summed E-state index contributed by atoms with van der Waals surface area (Å²) >= 11 is 1.26. The topological polar surface area (TPSA) is 105 Å². The summed E-state index contributed by atoms with van der Waals surface area (Å²) in [6.45, 7) is 6.34. The number of hydroxylamine groups is 1. The van der Waals surface area contributed by atoms with Crippen LogP contribution in [0.3, 0.4) is 0 Å². The molecule has 0 saturated heterocycles. The zero-order valence-corrected chi connectivity index (χ0v) is 40.7. The summed E-state index contributed by atoms with van der Waals surface area (Å²) in [5, 5.41) is 17.3. The van der Waals surface area contributed by atoms with Gasteiger partial charge >= 0.3 is 0 Å². The Bertz CT molecular complexity index is 1270. The van der Waals surface area contributed by atoms with E-state index < -0.39 is 5.79 Å². The number of carbonyl (C=O) groups is 1. The van der Waals surface area contributed by atoms with Crippen LogP contribution in [-0.2, 0) is 13.8 Å². The fourth-order valence-electron chi connectivity index (χ4n) is 6.63. The van der Waals surface area contributed by atoms with Crippen molar-refractivity contribution >= 4 is 33.5 Å². The van der Waals surface area contributed by atoms with Gasteiger partial charge in [-0.25, -0.2) is 10.3 Å². The molecule has 0 heterocycles. The van der Waals surface area contributed by atoms with E-state index in [0.29, 0.717) is 36.5 Å². The molecule has 0 aliphatic carbocycles. The number of hydrazone groups is 1. The lowest BCUT2D eigenvalue weighted by Gasteiger charge is -2.32. The number of benzene rings is 1. The van der Waals surface area contributed by atoms with Gasteiger partial charge in [0.2, 0.25) is 5.91 Å². The Morgan fingerprint density at radius 1 is 0.705 bits per heavy atom. The Morgan fingerprint density at radius 2 is 1.16 bits per heavy atom. The van der Waals surface area contributed by atoms with Crippen molar-refractivity contribution in [2.45, 2.75) is 200 Å². The fraction of sp³-hybridized carbons (Fsp3) is 0.680. The maximum absolute atomic E-state index is 12.1. The Kier molecular flexibility index (Phi) is 38.6. The molecule has 0 aliphatic rings. The first kappa shape index (κ1) is 56.6. The Labute approximate surface area is 380 Å². The van der Waals surface area contributed by atoms with Crippen LogP contribution >= 0.6 is 21.9 Å². The number of hydrogen-bond donors (Lipinski definition) is 3. The third-order valence-electron chi connectivity index (χ3n) is 10.3. The summed E-state index contributed by atoms with van der Waals surface area (Å²) < 4.78 is 4.92. The molecule has 1 aromatic carbocycles. The van der Waals surface area contributed by atoms with Crippen molar-refractivity contribution in [3.63, 3.8) is 0 Å². The number of allylic oxidation sites excluding steroid dienone is 8. The van der Waals surface area contributed by atoms with Crippen LogP contribution in [0.2, 0.25) is 0 Å². The first-order valence-corrected chi connectivity index (χ1v) is 26.0. The quantitative estimate of drug-likeness (QED) is 0.0113. The summed E-state index contributed by atoms with van der Waals surface area (Å²) in [5.74, 6) is -0.213. The molecular formula is C50H86N4O5S2. The van der Waals surface area contributed by atoms with Gasteiger partial charge in [0.15, 0.2) is 5.79 Å². The minimum Gasteiger partial charge on any atom is -0.392 e. The normalized spacial score (nSPS) is 12.7. The average Bonchev–Trinajstić information content (AvgIpc) is 3.26. The molecular weight excluding hydrogens is 801 g/mol. The number of aliphatic hydroxyl groups is 1. The van der Waals surface area contributed by atoms with Gasteiger partial charge in [0.1, 0.15) is 5.75 Å². The van der Waals surface area contributed by atoms with E-state index in [2.05, 4.69) is 78.6 Å². The van der Waals surface area contributed by atoms with E-state index >= 15 is 0 Å². The second kappa shape index (κ2) is 41.6. The molecule has 1 aromatic rings. The molecule has 1 amide bonds. The minimum atomic E-state index is -1.28. The highest BCUT2D eigenvalue weighted by Crippen LogP contribution is 2.26. The largest absolute Gasteiger partial charge is 0.392 e. The molecule has 0 atom stereocenters. The zero-order valence-electron chi connectivity index (χ0n) is 39.0. The molecule has 0 aromatic heterocycles. The van der Waals surface area contributed by atoms with Gasteiger partial charge in [0.25, 0.3) is 0 Å². The van der Waals surface area contributed by atoms with E-state index in [9.17, 15) is 9.90 Å². The van der Waals surface area contributed by atoms with E-state index in [4.69, 9.17) is 13.9 Å². The molecule has 9 nitrogen and oxygen atoms in total. The smallest absolute Gasteiger partial charge is 0.240 e. The summed E-state index contributed by atoms with van der Waals surface area (Å²) in [7, 11) is 4.79. The molecule has 0 radical (unpaired) electrons. The maximum Gasteiger partial charge on any atom is 0.240 e. The third-order valence-corrected chi connectivity index (χ3v) is 12.1. The van der Waals surface area contributed by atoms with Crippen LogP contribution in [-0.4, -0.2) is 47.6 Å². The summed E-state index contributed by atoms with van der Waals surface area (Å²) in [5.41, 5.74) is 6.97. The predicted molar refractivity (Wildman–Crippen MR) is 264 cm³/mol. The van der Waals surface area contributed by atoms with Gasteiger partial charge in [-0.2, -0.15) is 5.10 Å². The lowest BCUT2D eigenvalue weighted by molar-refractivity contribution is -0.365. The fourth-order valence-corrected chi connectivity index (χ4v) is 7.81. The van der Waals surface area contributed by atoms with Gasteiger partial charge in [0, 0.05) is 32.1 Å². The van der Waals surface area contributed by atoms with Crippen molar-refractivity contribution in [1.29, 1.82) is 0 Å². The SMILES string of the molecule is CCCCC/C=C\C/C=C\CCCCCCCCC(O)(CCCCCCCC/C=C\C/C=C\CCCCC)ON(C)NOc1ccc(/C(C)=N/NC(=O)CCSSOC)cc1. The monoisotopic (exact) mass is 887 g/mol. The van der Waals surface area contributed by atoms with Gasteiger partial charge in [0.05, 0.1) is 23.9 Å². The summed E-state index contributed by atoms with van der Waals surface area (Å²) in [6, 6.07) is 7.38. The third kappa shape index (κ3) is 35.7. The van der Waals surface area contributed by atoms with E-state index in [0.717, 1.165) is 56.9 Å². The number of hydrogen-bond acceptors (Lipinski definition) is 10. The van der Waals surface area contributed by atoms with Crippen LogP contribution < -0.4 is 15.9 Å². The van der Waals surface area contributed by atoms with Gasteiger partial charge in [-0.15, -0.1) is 0 Å². The highest BCUT2D eigenvalue weighted by molar-refractivity contribution is 8.74. The highest BCUT2D eigenvalue weighted by Gasteiger charge is 2.29. The number of nitrogens with zero attached hydrogens (tertiary/aromatic N) is 2. The maximum atomic E-state index is 12.1. The first-order chi connectivity index (χ1) is 29.8. The second-order valence-corrected chi connectivity index (χ2v) is 18.2. The Hall–Kier alpha value is -2.38. The number of hydrazine groups is 1. The molecule has 0 fully saturated rings. The summed E-state index contributed by atoms with van der Waals surface area (Å²) in [6.07, 6.45) is 48.3. The van der Waals surface area contributed by atoms with Gasteiger partial charge in [-0.1, -0.05) is 161 Å². The lowest BCUT2D eigenvalue weighted by Crippen LogP contribution is -2.46. The molecule has 0 aliphatic heterocycles. The average molecular weight is 887 g/mol. The van der Waals surface area contributed by atoms with E-state index in [1.54, 1.807) is 14.2 Å². The van der Waals surface area contributed by atoms with Crippen molar-refractivity contribution in [3.05, 3.63) is 78.4 Å². The Morgan fingerprint density at radius 3 is 1.64 bits per heavy atom. The van der Waals surface area contributed by atoms with Crippen molar-refractivity contribution in [2.75, 3.05) is 19.9 Å². The number of rotatable bonds is 42. The molecule has 0 unspecified atom stereocenters. The van der Waals surface area contributed by atoms with Gasteiger partial charge in [-0.05, 0) is 114 Å². The number of amides is 1. The molecule has 348 valence electrons. The number of unbranched alkanes of at least 4 members (excludes halogenated alkanes) is 18. The van der Waals surface area contributed by atoms with Crippen molar-refractivity contribution < 1.29 is 23.8 Å². The van der Waals surface area contributed by atoms with Crippen molar-refractivity contribution in [3.8, 4) is 5.75 Å². The number of carbonyl (C=O) groups excluding carboxylic acids is 1. The van der Waals surface area contributed by atoms with Crippen molar-refractivity contribution in [1.82, 2.24) is 16.2 Å². The van der Waals surface area contributed by atoms with Crippen LogP contribution in [0.25, 0.3) is 0 Å². The molecule has 61 heavy (non-hydrogen) atoms. The van der Waals surface area contributed by atoms with Crippen LogP contribution in [0.15, 0.2) is 78.0 Å². The zero-order chi connectivity index (χ0) is 44.3. The highest BCUT2D eigenvalue weighted by atomic mass is 33.1. The van der Waals surface area contributed by atoms with Crippen LogP contribution in [0.1, 0.15) is 200 Å². The molecule has 0 spiro atoms. The van der Waals surface area contributed by atoms with Crippen LogP contribution in [0.4, 0.5) is 0 Å².